The van der Waals surface area contributed by atoms with Gasteiger partial charge in [-0.3, -0.25) is 4.98 Å². The zero-order chi connectivity index (χ0) is 10.1. The Morgan fingerprint density at radius 2 is 2.21 bits per heavy atom. The average Bonchev–Trinajstić information content (AvgIpc) is 2.23. The molecule has 1 aromatic carbocycles. The van der Waals surface area contributed by atoms with E-state index in [4.69, 9.17) is 10.5 Å². The Labute approximate surface area is 90.0 Å². The van der Waals surface area contributed by atoms with Crippen molar-refractivity contribution in [3.05, 3.63) is 28.9 Å². The van der Waals surface area contributed by atoms with Gasteiger partial charge in [-0.1, -0.05) is 0 Å². The van der Waals surface area contributed by atoms with Crippen molar-refractivity contribution in [3.8, 4) is 5.75 Å². The molecular weight excluding hydrogens is 244 g/mol. The number of aromatic nitrogens is 1. The monoisotopic (exact) mass is 252 g/mol. The first-order valence-corrected chi connectivity index (χ1v) is 4.89. The van der Waals surface area contributed by atoms with E-state index in [1.807, 2.05) is 18.2 Å². The van der Waals surface area contributed by atoms with Crippen LogP contribution in [0.1, 0.15) is 0 Å². The van der Waals surface area contributed by atoms with Crippen LogP contribution in [0.15, 0.2) is 28.9 Å². The molecule has 0 atom stereocenters. The summed E-state index contributed by atoms with van der Waals surface area (Å²) >= 11 is 3.33. The van der Waals surface area contributed by atoms with Crippen molar-refractivity contribution in [2.24, 2.45) is 0 Å². The standard InChI is InChI=1S/C10H9BrN2O/c1-14-6-2-3-9-7(4-6)10(12)8(11)5-13-9/h2-5H,1H3,(H2,12,13). The molecule has 0 aliphatic heterocycles. The van der Waals surface area contributed by atoms with Crippen LogP contribution in [0.4, 0.5) is 5.69 Å². The number of hydrogen-bond acceptors (Lipinski definition) is 3. The van der Waals surface area contributed by atoms with E-state index < -0.39 is 0 Å². The third-order valence-corrected chi connectivity index (χ3v) is 2.70. The van der Waals surface area contributed by atoms with Gasteiger partial charge in [0.2, 0.25) is 0 Å². The number of nitrogen functional groups attached to an aromatic ring is 1. The molecule has 0 saturated heterocycles. The van der Waals surface area contributed by atoms with Gasteiger partial charge in [-0.2, -0.15) is 0 Å². The summed E-state index contributed by atoms with van der Waals surface area (Å²) in [5, 5.41) is 0.902. The lowest BCUT2D eigenvalue weighted by Crippen LogP contribution is -1.92. The molecule has 4 heteroatoms. The van der Waals surface area contributed by atoms with Crippen LogP contribution < -0.4 is 10.5 Å². The van der Waals surface area contributed by atoms with E-state index in [-0.39, 0.29) is 0 Å². The van der Waals surface area contributed by atoms with Crippen LogP contribution in [0.25, 0.3) is 10.9 Å². The van der Waals surface area contributed by atoms with Crippen LogP contribution in [0.3, 0.4) is 0 Å². The molecule has 0 radical (unpaired) electrons. The van der Waals surface area contributed by atoms with E-state index >= 15 is 0 Å². The average molecular weight is 253 g/mol. The van der Waals surface area contributed by atoms with Gasteiger partial charge in [0.05, 0.1) is 22.8 Å². The first kappa shape index (κ1) is 9.27. The highest BCUT2D eigenvalue weighted by atomic mass is 79.9. The second kappa shape index (κ2) is 3.46. The Hall–Kier alpha value is -1.29. The number of methoxy groups -OCH3 is 1. The minimum Gasteiger partial charge on any atom is -0.497 e. The third kappa shape index (κ3) is 1.42. The van der Waals surface area contributed by atoms with E-state index in [2.05, 4.69) is 20.9 Å². The van der Waals surface area contributed by atoms with Crippen molar-refractivity contribution in [1.29, 1.82) is 0 Å². The molecule has 0 saturated carbocycles. The van der Waals surface area contributed by atoms with E-state index in [1.165, 1.54) is 0 Å². The minimum absolute atomic E-state index is 0.689. The van der Waals surface area contributed by atoms with Gasteiger partial charge in [0.1, 0.15) is 5.75 Å². The highest BCUT2D eigenvalue weighted by Gasteiger charge is 2.04. The predicted molar refractivity (Wildman–Crippen MR) is 60.4 cm³/mol. The maximum Gasteiger partial charge on any atom is 0.119 e. The molecule has 0 bridgehead atoms. The second-order valence-corrected chi connectivity index (χ2v) is 3.76. The summed E-state index contributed by atoms with van der Waals surface area (Å²) in [5.74, 6) is 0.782. The van der Waals surface area contributed by atoms with Gasteiger partial charge in [-0.25, -0.2) is 0 Å². The topological polar surface area (TPSA) is 48.1 Å². The normalized spacial score (nSPS) is 10.4. The summed E-state index contributed by atoms with van der Waals surface area (Å²) in [4.78, 5) is 4.23. The predicted octanol–water partition coefficient (Wildman–Crippen LogP) is 2.59. The number of fused-ring (bicyclic) bond motifs is 1. The smallest absolute Gasteiger partial charge is 0.119 e. The molecule has 14 heavy (non-hydrogen) atoms. The van der Waals surface area contributed by atoms with Gasteiger partial charge < -0.3 is 10.5 Å². The molecule has 2 rings (SSSR count). The number of halogens is 1. The Balaban J connectivity index is 2.78. The van der Waals surface area contributed by atoms with Crippen molar-refractivity contribution in [2.75, 3.05) is 12.8 Å². The summed E-state index contributed by atoms with van der Waals surface area (Å²) in [5.41, 5.74) is 7.46. The number of hydrogen-bond donors (Lipinski definition) is 1. The quantitative estimate of drug-likeness (QED) is 0.849. The molecular formula is C10H9BrN2O. The molecule has 1 heterocycles. The maximum atomic E-state index is 5.90. The number of nitrogens with zero attached hydrogens (tertiary/aromatic N) is 1. The van der Waals surface area contributed by atoms with Crippen molar-refractivity contribution >= 4 is 32.5 Å². The van der Waals surface area contributed by atoms with Crippen molar-refractivity contribution in [2.45, 2.75) is 0 Å². The summed E-state index contributed by atoms with van der Waals surface area (Å²) in [6, 6.07) is 5.63. The molecule has 0 aliphatic rings. The van der Waals surface area contributed by atoms with E-state index in [1.54, 1.807) is 13.3 Å². The number of ether oxygens (including phenoxy) is 1. The van der Waals surface area contributed by atoms with Gasteiger partial charge in [0.15, 0.2) is 0 Å². The fourth-order valence-corrected chi connectivity index (χ4v) is 1.61. The molecule has 0 amide bonds. The lowest BCUT2D eigenvalue weighted by atomic mass is 10.2. The third-order valence-electron chi connectivity index (χ3n) is 2.07. The first-order valence-electron chi connectivity index (χ1n) is 4.10. The van der Waals surface area contributed by atoms with Crippen molar-refractivity contribution in [1.82, 2.24) is 4.98 Å². The fourth-order valence-electron chi connectivity index (χ4n) is 1.29. The van der Waals surface area contributed by atoms with Gasteiger partial charge in [0, 0.05) is 11.6 Å². The van der Waals surface area contributed by atoms with Crippen LogP contribution in [-0.4, -0.2) is 12.1 Å². The SMILES string of the molecule is COc1ccc2ncc(Br)c(N)c2c1. The Bertz CT molecular complexity index is 485. The van der Waals surface area contributed by atoms with Gasteiger partial charge >= 0.3 is 0 Å². The summed E-state index contributed by atoms with van der Waals surface area (Å²) in [6.45, 7) is 0. The Morgan fingerprint density at radius 1 is 1.43 bits per heavy atom. The Kier molecular flexibility index (Phi) is 2.29. The number of anilines is 1. The van der Waals surface area contributed by atoms with Crippen molar-refractivity contribution < 1.29 is 4.74 Å². The van der Waals surface area contributed by atoms with Crippen molar-refractivity contribution in [3.63, 3.8) is 0 Å². The number of pyridine rings is 1. The maximum absolute atomic E-state index is 5.90. The van der Waals surface area contributed by atoms with Crippen LogP contribution in [0, 0.1) is 0 Å². The summed E-state index contributed by atoms with van der Waals surface area (Å²) < 4.78 is 5.92. The highest BCUT2D eigenvalue weighted by molar-refractivity contribution is 9.10. The van der Waals surface area contributed by atoms with Gasteiger partial charge in [-0.15, -0.1) is 0 Å². The van der Waals surface area contributed by atoms with E-state index in [0.29, 0.717) is 5.69 Å². The number of benzene rings is 1. The molecule has 2 aromatic rings. The molecule has 1 aromatic heterocycles. The molecule has 3 nitrogen and oxygen atoms in total. The summed E-state index contributed by atoms with van der Waals surface area (Å²) in [6.07, 6.45) is 1.70. The first-order chi connectivity index (χ1) is 6.72. The van der Waals surface area contributed by atoms with Gasteiger partial charge in [-0.05, 0) is 34.1 Å². The highest BCUT2D eigenvalue weighted by Crippen LogP contribution is 2.29. The summed E-state index contributed by atoms with van der Waals surface area (Å²) in [7, 11) is 1.63. The minimum atomic E-state index is 0.689. The second-order valence-electron chi connectivity index (χ2n) is 2.90. The molecule has 0 spiro atoms. The van der Waals surface area contributed by atoms with Crippen LogP contribution in [0.5, 0.6) is 5.75 Å². The van der Waals surface area contributed by atoms with Crippen LogP contribution in [0.2, 0.25) is 0 Å². The molecule has 2 N–H and O–H groups in total. The van der Waals surface area contributed by atoms with Crippen LogP contribution in [-0.2, 0) is 0 Å². The largest absolute Gasteiger partial charge is 0.497 e. The lowest BCUT2D eigenvalue weighted by Gasteiger charge is -2.05. The molecule has 0 unspecified atom stereocenters. The lowest BCUT2D eigenvalue weighted by molar-refractivity contribution is 0.415. The molecule has 72 valence electrons. The van der Waals surface area contributed by atoms with Gasteiger partial charge in [0.25, 0.3) is 0 Å². The number of rotatable bonds is 1. The zero-order valence-corrected chi connectivity index (χ0v) is 9.21. The zero-order valence-electron chi connectivity index (χ0n) is 7.62. The molecule has 0 fully saturated rings. The van der Waals surface area contributed by atoms with E-state index in [0.717, 1.165) is 21.1 Å². The van der Waals surface area contributed by atoms with Crippen LogP contribution >= 0.6 is 15.9 Å². The number of nitrogens with two attached hydrogens (primary N) is 1. The molecule has 0 aliphatic carbocycles. The Morgan fingerprint density at radius 3 is 2.93 bits per heavy atom. The fraction of sp³-hybridized carbons (Fsp3) is 0.100. The van der Waals surface area contributed by atoms with E-state index in [9.17, 15) is 0 Å².